The van der Waals surface area contributed by atoms with Gasteiger partial charge in [0.2, 0.25) is 5.91 Å². The molecule has 0 radical (unpaired) electrons. The van der Waals surface area contributed by atoms with Crippen molar-refractivity contribution in [1.29, 1.82) is 0 Å². The first-order chi connectivity index (χ1) is 12.5. The van der Waals surface area contributed by atoms with E-state index < -0.39 is 24.4 Å². The second-order valence-electron chi connectivity index (χ2n) is 6.65. The Bertz CT molecular complexity index is 594. The number of carbonyl (C=O) groups is 1. The van der Waals surface area contributed by atoms with E-state index in [2.05, 4.69) is 5.32 Å². The Hall–Kier alpha value is -1.58. The first-order valence-corrected chi connectivity index (χ1v) is 8.87. The number of benzene rings is 1. The molecule has 2 saturated heterocycles. The second kappa shape index (κ2) is 8.88. The van der Waals surface area contributed by atoms with Crippen molar-refractivity contribution in [3.05, 3.63) is 35.6 Å². The van der Waals surface area contributed by atoms with Gasteiger partial charge < -0.3 is 29.9 Å². The summed E-state index contributed by atoms with van der Waals surface area (Å²) in [7, 11) is 0. The van der Waals surface area contributed by atoms with Gasteiger partial charge in [0.05, 0.1) is 31.8 Å². The summed E-state index contributed by atoms with van der Waals surface area (Å²) in [5.74, 6) is -0.399. The molecule has 0 aromatic heterocycles. The van der Waals surface area contributed by atoms with E-state index in [1.54, 1.807) is 17.0 Å². The molecule has 26 heavy (non-hydrogen) atoms. The van der Waals surface area contributed by atoms with Crippen LogP contribution in [0.1, 0.15) is 12.0 Å². The Morgan fingerprint density at radius 2 is 1.81 bits per heavy atom. The number of aliphatic hydroxyl groups excluding tert-OH is 2. The van der Waals surface area contributed by atoms with Crippen LogP contribution in [0.15, 0.2) is 24.3 Å². The highest BCUT2D eigenvalue weighted by Gasteiger charge is 2.43. The van der Waals surface area contributed by atoms with Crippen molar-refractivity contribution in [3.8, 4) is 0 Å². The third-order valence-electron chi connectivity index (χ3n) is 4.79. The van der Waals surface area contributed by atoms with E-state index in [1.165, 1.54) is 12.1 Å². The van der Waals surface area contributed by atoms with Crippen LogP contribution >= 0.6 is 0 Å². The average molecular weight is 368 g/mol. The summed E-state index contributed by atoms with van der Waals surface area (Å²) in [4.78, 5) is 14.0. The number of amides is 1. The van der Waals surface area contributed by atoms with Gasteiger partial charge in [-0.15, -0.1) is 0 Å². The minimum absolute atomic E-state index is 0.0344. The van der Waals surface area contributed by atoms with Crippen LogP contribution in [0.3, 0.4) is 0 Å². The highest BCUT2D eigenvalue weighted by Crippen LogP contribution is 2.24. The lowest BCUT2D eigenvalue weighted by Crippen LogP contribution is -2.43. The molecule has 0 aliphatic carbocycles. The van der Waals surface area contributed by atoms with Gasteiger partial charge in [0.25, 0.3) is 0 Å². The van der Waals surface area contributed by atoms with E-state index in [0.29, 0.717) is 39.4 Å². The molecule has 1 aromatic carbocycles. The number of nitrogens with zero attached hydrogens (tertiary/aromatic N) is 1. The number of ether oxygens (including phenoxy) is 2. The lowest BCUT2D eigenvalue weighted by atomic mass is 10.0. The van der Waals surface area contributed by atoms with Gasteiger partial charge >= 0.3 is 0 Å². The summed E-state index contributed by atoms with van der Waals surface area (Å²) in [6, 6.07) is 6.11. The number of morpholine rings is 1. The van der Waals surface area contributed by atoms with Gasteiger partial charge in [-0.25, -0.2) is 4.39 Å². The van der Waals surface area contributed by atoms with Gasteiger partial charge in [0, 0.05) is 26.2 Å². The van der Waals surface area contributed by atoms with Crippen LogP contribution < -0.4 is 5.32 Å². The maximum atomic E-state index is 12.9. The van der Waals surface area contributed by atoms with Crippen molar-refractivity contribution in [2.75, 3.05) is 32.8 Å². The zero-order valence-electron chi connectivity index (χ0n) is 14.5. The number of hydrogen-bond acceptors (Lipinski definition) is 6. The van der Waals surface area contributed by atoms with E-state index >= 15 is 0 Å². The lowest BCUT2D eigenvalue weighted by Gasteiger charge is -2.28. The first-order valence-electron chi connectivity index (χ1n) is 8.87. The van der Waals surface area contributed by atoms with Gasteiger partial charge in [-0.05, 0) is 17.7 Å². The third kappa shape index (κ3) is 4.77. The highest BCUT2D eigenvalue weighted by atomic mass is 19.1. The van der Waals surface area contributed by atoms with Gasteiger partial charge in [0.1, 0.15) is 18.0 Å². The van der Waals surface area contributed by atoms with Crippen LogP contribution in [0.2, 0.25) is 0 Å². The Morgan fingerprint density at radius 3 is 2.50 bits per heavy atom. The molecule has 1 amide bonds. The highest BCUT2D eigenvalue weighted by molar-refractivity contribution is 5.77. The number of halogens is 1. The van der Waals surface area contributed by atoms with Crippen LogP contribution in [0.4, 0.5) is 4.39 Å². The van der Waals surface area contributed by atoms with E-state index in [4.69, 9.17) is 9.47 Å². The predicted octanol–water partition coefficient (Wildman–Crippen LogP) is -0.347. The maximum Gasteiger partial charge on any atom is 0.225 e. The van der Waals surface area contributed by atoms with Crippen molar-refractivity contribution in [2.45, 2.75) is 37.4 Å². The van der Waals surface area contributed by atoms with E-state index in [0.717, 1.165) is 5.56 Å². The van der Waals surface area contributed by atoms with E-state index in [-0.39, 0.29) is 18.1 Å². The molecule has 4 atom stereocenters. The summed E-state index contributed by atoms with van der Waals surface area (Å²) in [5.41, 5.74) is 0.901. The van der Waals surface area contributed by atoms with Crippen molar-refractivity contribution < 1.29 is 28.9 Å². The van der Waals surface area contributed by atoms with Gasteiger partial charge in [-0.3, -0.25) is 4.79 Å². The first kappa shape index (κ1) is 19.2. The fourth-order valence-corrected chi connectivity index (χ4v) is 3.24. The molecule has 8 heteroatoms. The summed E-state index contributed by atoms with van der Waals surface area (Å²) in [6.45, 7) is 2.90. The summed E-state index contributed by atoms with van der Waals surface area (Å²) in [5, 5.41) is 23.5. The molecule has 2 heterocycles. The van der Waals surface area contributed by atoms with Crippen molar-refractivity contribution >= 4 is 5.91 Å². The number of carbonyl (C=O) groups excluding carboxylic acids is 1. The predicted molar refractivity (Wildman–Crippen MR) is 90.8 cm³/mol. The fourth-order valence-electron chi connectivity index (χ4n) is 3.24. The van der Waals surface area contributed by atoms with Crippen LogP contribution in [0.5, 0.6) is 0 Å². The molecular formula is C18H25FN2O5. The zero-order valence-corrected chi connectivity index (χ0v) is 14.5. The molecule has 2 aliphatic rings. The molecule has 7 nitrogen and oxygen atoms in total. The van der Waals surface area contributed by atoms with E-state index in [1.807, 2.05) is 0 Å². The van der Waals surface area contributed by atoms with Crippen molar-refractivity contribution in [1.82, 2.24) is 10.2 Å². The minimum Gasteiger partial charge on any atom is -0.388 e. The molecule has 2 aliphatic heterocycles. The smallest absolute Gasteiger partial charge is 0.225 e. The van der Waals surface area contributed by atoms with Crippen LogP contribution in [0.25, 0.3) is 0 Å². The normalized spacial score (nSPS) is 29.1. The largest absolute Gasteiger partial charge is 0.388 e. The topological polar surface area (TPSA) is 91.3 Å². The SMILES string of the molecule is O=C(C[C@@H]1O[C@H](CNCc2ccc(F)cc2)[C@@H](O)[C@H]1O)N1CCOCC1. The zero-order chi connectivity index (χ0) is 18.5. The molecule has 0 saturated carbocycles. The van der Waals surface area contributed by atoms with Gasteiger partial charge in [0.15, 0.2) is 0 Å². The molecule has 2 fully saturated rings. The molecule has 3 N–H and O–H groups in total. The van der Waals surface area contributed by atoms with Gasteiger partial charge in [-0.1, -0.05) is 12.1 Å². The maximum absolute atomic E-state index is 12.9. The number of rotatable bonds is 6. The Balaban J connectivity index is 1.45. The van der Waals surface area contributed by atoms with Gasteiger partial charge in [-0.2, -0.15) is 0 Å². The number of nitrogens with one attached hydrogen (secondary N) is 1. The lowest BCUT2D eigenvalue weighted by molar-refractivity contribution is -0.139. The third-order valence-corrected chi connectivity index (χ3v) is 4.79. The van der Waals surface area contributed by atoms with Crippen LogP contribution in [-0.4, -0.2) is 78.3 Å². The van der Waals surface area contributed by atoms with E-state index in [9.17, 15) is 19.4 Å². The monoisotopic (exact) mass is 368 g/mol. The molecule has 1 aromatic rings. The molecule has 0 spiro atoms. The Labute approximate surface area is 151 Å². The summed E-state index contributed by atoms with van der Waals surface area (Å²) >= 11 is 0. The molecule has 144 valence electrons. The molecule has 3 rings (SSSR count). The van der Waals surface area contributed by atoms with Crippen molar-refractivity contribution in [2.24, 2.45) is 0 Å². The number of hydrogen-bond donors (Lipinski definition) is 3. The second-order valence-corrected chi connectivity index (χ2v) is 6.65. The van der Waals surface area contributed by atoms with Crippen molar-refractivity contribution in [3.63, 3.8) is 0 Å². The molecular weight excluding hydrogens is 343 g/mol. The quantitative estimate of drug-likeness (QED) is 0.636. The minimum atomic E-state index is -1.10. The van der Waals surface area contributed by atoms with Crippen LogP contribution in [0, 0.1) is 5.82 Å². The fraction of sp³-hybridized carbons (Fsp3) is 0.611. The summed E-state index contributed by atoms with van der Waals surface area (Å²) in [6.07, 6.45) is -3.45. The standard InChI is InChI=1S/C18H25FN2O5/c19-13-3-1-12(2-4-13)10-20-11-15-18(24)17(23)14(26-15)9-16(22)21-5-7-25-8-6-21/h1-4,14-15,17-18,20,23-24H,5-11H2/t14-,15+,17-,18+/m0/s1. The Kier molecular flexibility index (Phi) is 6.55. The average Bonchev–Trinajstić information content (AvgIpc) is 2.92. The molecule has 0 unspecified atom stereocenters. The number of aliphatic hydroxyl groups is 2. The summed E-state index contributed by atoms with van der Waals surface area (Å²) < 4.78 is 23.8. The Morgan fingerprint density at radius 1 is 1.15 bits per heavy atom. The molecule has 0 bridgehead atoms. The van der Waals surface area contributed by atoms with Crippen LogP contribution in [-0.2, 0) is 20.8 Å².